The lowest BCUT2D eigenvalue weighted by Gasteiger charge is -1.85. The van der Waals surface area contributed by atoms with Crippen LogP contribution in [0.4, 0.5) is 0 Å². The zero-order valence-electron chi connectivity index (χ0n) is 5.51. The third kappa shape index (κ3) is 1.21. The third-order valence-electron chi connectivity index (χ3n) is 1.34. The standard InChI is InChI=1S/C6H5N3S2/c10-11-6-4-9-2-1-7-3-5(9)8-6/h1-4,10H. The summed E-state index contributed by atoms with van der Waals surface area (Å²) in [5.74, 6) is 0. The first-order valence-corrected chi connectivity index (χ1v) is 4.87. The van der Waals surface area contributed by atoms with Gasteiger partial charge in [0.2, 0.25) is 0 Å². The molecule has 0 radical (unpaired) electrons. The van der Waals surface area contributed by atoms with Crippen LogP contribution in [-0.2, 0) is 0 Å². The fourth-order valence-electron chi connectivity index (χ4n) is 0.864. The first-order chi connectivity index (χ1) is 5.40. The van der Waals surface area contributed by atoms with Crippen LogP contribution in [0, 0.1) is 0 Å². The minimum Gasteiger partial charge on any atom is -0.303 e. The summed E-state index contributed by atoms with van der Waals surface area (Å²) in [6.45, 7) is 0. The summed E-state index contributed by atoms with van der Waals surface area (Å²) in [6.07, 6.45) is 7.21. The number of aromatic nitrogens is 3. The molecule has 0 N–H and O–H groups in total. The lowest BCUT2D eigenvalue weighted by Crippen LogP contribution is -1.81. The molecule has 0 amide bonds. The Hall–Kier alpha value is -0.680. The molecular formula is C6H5N3S2. The Morgan fingerprint density at radius 2 is 2.45 bits per heavy atom. The highest BCUT2D eigenvalue weighted by Gasteiger charge is 1.97. The molecule has 0 unspecified atom stereocenters. The summed E-state index contributed by atoms with van der Waals surface area (Å²) < 4.78 is 1.91. The predicted molar refractivity (Wildman–Crippen MR) is 47.8 cm³/mol. The van der Waals surface area contributed by atoms with Gasteiger partial charge >= 0.3 is 0 Å². The molecule has 2 aromatic rings. The van der Waals surface area contributed by atoms with E-state index in [2.05, 4.69) is 21.6 Å². The molecular weight excluding hydrogens is 178 g/mol. The van der Waals surface area contributed by atoms with Crippen LogP contribution in [0.15, 0.2) is 29.8 Å². The van der Waals surface area contributed by atoms with E-state index >= 15 is 0 Å². The zero-order valence-corrected chi connectivity index (χ0v) is 7.22. The molecule has 2 heterocycles. The van der Waals surface area contributed by atoms with Crippen molar-refractivity contribution in [1.29, 1.82) is 0 Å². The Kier molecular flexibility index (Phi) is 1.75. The predicted octanol–water partition coefficient (Wildman–Crippen LogP) is 1.67. The van der Waals surface area contributed by atoms with Crippen molar-refractivity contribution in [1.82, 2.24) is 14.4 Å². The number of fused-ring (bicyclic) bond motifs is 1. The van der Waals surface area contributed by atoms with Gasteiger partial charge in [-0.1, -0.05) is 0 Å². The third-order valence-corrected chi connectivity index (χ3v) is 2.28. The van der Waals surface area contributed by atoms with E-state index < -0.39 is 0 Å². The number of rotatable bonds is 1. The van der Waals surface area contributed by atoms with E-state index in [9.17, 15) is 0 Å². The molecule has 0 fully saturated rings. The molecule has 5 heteroatoms. The maximum absolute atomic E-state index is 4.22. The molecule has 11 heavy (non-hydrogen) atoms. The number of nitrogens with zero attached hydrogens (tertiary/aromatic N) is 3. The molecule has 0 aromatic carbocycles. The lowest BCUT2D eigenvalue weighted by molar-refractivity contribution is 1.13. The smallest absolute Gasteiger partial charge is 0.156 e. The van der Waals surface area contributed by atoms with Crippen LogP contribution >= 0.6 is 22.5 Å². The summed E-state index contributed by atoms with van der Waals surface area (Å²) in [4.78, 5) is 8.16. The van der Waals surface area contributed by atoms with Crippen molar-refractivity contribution in [2.24, 2.45) is 0 Å². The van der Waals surface area contributed by atoms with Crippen LogP contribution < -0.4 is 0 Å². The van der Waals surface area contributed by atoms with Gasteiger partial charge in [-0.3, -0.25) is 4.98 Å². The maximum atomic E-state index is 4.22. The SMILES string of the molecule is SSc1cn2ccncc2n1. The number of imidazole rings is 1. The van der Waals surface area contributed by atoms with Gasteiger partial charge in [-0.25, -0.2) is 4.98 Å². The molecule has 0 atom stereocenters. The van der Waals surface area contributed by atoms with Crippen molar-refractivity contribution >= 4 is 28.1 Å². The molecule has 0 bridgehead atoms. The Bertz CT molecular complexity index is 338. The molecule has 0 saturated carbocycles. The van der Waals surface area contributed by atoms with Crippen LogP contribution in [-0.4, -0.2) is 14.4 Å². The Balaban J connectivity index is 2.69. The van der Waals surface area contributed by atoms with Gasteiger partial charge in [0.05, 0.1) is 6.20 Å². The van der Waals surface area contributed by atoms with Crippen molar-refractivity contribution in [2.75, 3.05) is 0 Å². The van der Waals surface area contributed by atoms with Crippen LogP contribution in [0.5, 0.6) is 0 Å². The van der Waals surface area contributed by atoms with Gasteiger partial charge in [0.25, 0.3) is 0 Å². The molecule has 2 rings (SSSR count). The summed E-state index contributed by atoms with van der Waals surface area (Å²) in [5, 5.41) is 0.890. The molecule has 56 valence electrons. The van der Waals surface area contributed by atoms with Crippen molar-refractivity contribution in [3.63, 3.8) is 0 Å². The molecule has 0 aliphatic rings. The van der Waals surface area contributed by atoms with E-state index in [0.29, 0.717) is 0 Å². The highest BCUT2D eigenvalue weighted by molar-refractivity contribution is 8.68. The zero-order chi connectivity index (χ0) is 7.68. The van der Waals surface area contributed by atoms with E-state index in [0.717, 1.165) is 10.7 Å². The van der Waals surface area contributed by atoms with Crippen LogP contribution in [0.2, 0.25) is 0 Å². The van der Waals surface area contributed by atoms with E-state index in [1.54, 1.807) is 12.4 Å². The van der Waals surface area contributed by atoms with Crippen LogP contribution in [0.1, 0.15) is 0 Å². The average molecular weight is 183 g/mol. The van der Waals surface area contributed by atoms with Crippen molar-refractivity contribution in [3.05, 3.63) is 24.8 Å². The maximum Gasteiger partial charge on any atom is 0.156 e. The number of hydrogen-bond donors (Lipinski definition) is 1. The van der Waals surface area contributed by atoms with Gasteiger partial charge < -0.3 is 4.40 Å². The second-order valence-electron chi connectivity index (χ2n) is 2.01. The van der Waals surface area contributed by atoms with Crippen LogP contribution in [0.3, 0.4) is 0 Å². The summed E-state index contributed by atoms with van der Waals surface area (Å²) in [5.41, 5.74) is 0.851. The quantitative estimate of drug-likeness (QED) is 0.539. The highest BCUT2D eigenvalue weighted by atomic mass is 33.1. The topological polar surface area (TPSA) is 30.2 Å². The number of hydrogen-bond acceptors (Lipinski definition) is 4. The summed E-state index contributed by atoms with van der Waals surface area (Å²) >= 11 is 4.04. The average Bonchev–Trinajstić information content (AvgIpc) is 2.46. The highest BCUT2D eigenvalue weighted by Crippen LogP contribution is 2.19. The van der Waals surface area contributed by atoms with Crippen molar-refractivity contribution < 1.29 is 0 Å². The van der Waals surface area contributed by atoms with Gasteiger partial charge in [-0.2, -0.15) is 0 Å². The normalized spacial score (nSPS) is 10.6. The molecule has 3 nitrogen and oxygen atoms in total. The van der Waals surface area contributed by atoms with Gasteiger partial charge in [0, 0.05) is 18.6 Å². The second-order valence-corrected chi connectivity index (χ2v) is 3.16. The first-order valence-electron chi connectivity index (χ1n) is 3.00. The lowest BCUT2D eigenvalue weighted by atomic mass is 10.7. The van der Waals surface area contributed by atoms with E-state index in [1.807, 2.05) is 16.8 Å². The molecule has 0 aliphatic carbocycles. The van der Waals surface area contributed by atoms with Gasteiger partial charge in [0.15, 0.2) is 5.65 Å². The van der Waals surface area contributed by atoms with Gasteiger partial charge in [-0.05, 0) is 10.8 Å². The minimum absolute atomic E-state index is 0.851. The minimum atomic E-state index is 0.851. The van der Waals surface area contributed by atoms with Gasteiger partial charge in [0.1, 0.15) is 5.03 Å². The Morgan fingerprint density at radius 3 is 3.18 bits per heavy atom. The van der Waals surface area contributed by atoms with Crippen molar-refractivity contribution in [2.45, 2.75) is 5.03 Å². The Labute approximate surface area is 72.7 Å². The molecule has 2 aromatic heterocycles. The van der Waals surface area contributed by atoms with Crippen LogP contribution in [0.25, 0.3) is 5.65 Å². The van der Waals surface area contributed by atoms with E-state index in [4.69, 9.17) is 0 Å². The molecule has 0 aliphatic heterocycles. The molecule has 0 saturated heterocycles. The fraction of sp³-hybridized carbons (Fsp3) is 0. The van der Waals surface area contributed by atoms with E-state index in [1.165, 1.54) is 10.8 Å². The largest absolute Gasteiger partial charge is 0.303 e. The number of thiol groups is 1. The van der Waals surface area contributed by atoms with Gasteiger partial charge in [-0.15, -0.1) is 11.7 Å². The Morgan fingerprint density at radius 1 is 1.55 bits per heavy atom. The fourth-order valence-corrected chi connectivity index (χ4v) is 1.42. The summed E-state index contributed by atoms with van der Waals surface area (Å²) in [6, 6.07) is 0. The van der Waals surface area contributed by atoms with E-state index in [-0.39, 0.29) is 0 Å². The first kappa shape index (κ1) is 7.00. The second kappa shape index (κ2) is 2.75. The summed E-state index contributed by atoms with van der Waals surface area (Å²) in [7, 11) is 1.33. The monoisotopic (exact) mass is 183 g/mol. The molecule has 0 spiro atoms. The van der Waals surface area contributed by atoms with Crippen molar-refractivity contribution in [3.8, 4) is 0 Å².